The molecule has 0 atom stereocenters. The maximum atomic E-state index is 5.55. The van der Waals surface area contributed by atoms with Gasteiger partial charge in [0.05, 0.1) is 43.5 Å². The predicted molar refractivity (Wildman–Crippen MR) is 232 cm³/mol. The fourth-order valence-corrected chi connectivity index (χ4v) is 10.4. The van der Waals surface area contributed by atoms with E-state index in [2.05, 4.69) is 179 Å². The number of benzene rings is 8. The Balaban J connectivity index is 1.16. The van der Waals surface area contributed by atoms with E-state index < -0.39 is 0 Å². The molecule has 13 aromatic rings. The van der Waals surface area contributed by atoms with Crippen molar-refractivity contribution in [2.75, 3.05) is 0 Å². The van der Waals surface area contributed by atoms with Crippen LogP contribution in [-0.4, -0.2) is 18.9 Å². The summed E-state index contributed by atoms with van der Waals surface area (Å²) >= 11 is 1.77. The number of nitrogens with zero attached hydrogens (tertiary/aromatic N) is 4. The minimum atomic E-state index is 0.673. The molecule has 5 heterocycles. The summed E-state index contributed by atoms with van der Waals surface area (Å²) in [5, 5.41) is 11.1. The lowest BCUT2D eigenvalue weighted by atomic mass is 10.0. The SMILES string of the molecule is c1ccc(-c2cccc(-c3nc(-n4c5ccccc5c5cc6ccc7c8cccc9c%10ccccc%10n(c7c6cc54)c98)nc4c3sc3ccccc34)c2)cc1. The van der Waals surface area contributed by atoms with Gasteiger partial charge in [0.15, 0.2) is 0 Å². The summed E-state index contributed by atoms with van der Waals surface area (Å²) in [7, 11) is 0. The van der Waals surface area contributed by atoms with Gasteiger partial charge in [0.2, 0.25) is 5.95 Å². The molecule has 0 aliphatic heterocycles. The third kappa shape index (κ3) is 3.94. The van der Waals surface area contributed by atoms with E-state index in [4.69, 9.17) is 9.97 Å². The van der Waals surface area contributed by atoms with Gasteiger partial charge < -0.3 is 4.40 Å². The average Bonchev–Trinajstić information content (AvgIpc) is 3.99. The van der Waals surface area contributed by atoms with E-state index in [1.54, 1.807) is 11.3 Å². The molecule has 254 valence electrons. The van der Waals surface area contributed by atoms with Gasteiger partial charge >= 0.3 is 0 Å². The molecule has 0 unspecified atom stereocenters. The van der Waals surface area contributed by atoms with Crippen LogP contribution in [0, 0.1) is 0 Å². The van der Waals surface area contributed by atoms with Gasteiger partial charge in [-0.1, -0.05) is 133 Å². The molecule has 0 N–H and O–H groups in total. The third-order valence-electron chi connectivity index (χ3n) is 11.6. The second-order valence-electron chi connectivity index (χ2n) is 14.6. The van der Waals surface area contributed by atoms with Crippen LogP contribution < -0.4 is 0 Å². The van der Waals surface area contributed by atoms with Crippen molar-refractivity contribution in [3.63, 3.8) is 0 Å². The van der Waals surface area contributed by atoms with E-state index >= 15 is 0 Å². The van der Waals surface area contributed by atoms with Crippen molar-refractivity contribution in [2.45, 2.75) is 0 Å². The van der Waals surface area contributed by atoms with Crippen LogP contribution in [0.2, 0.25) is 0 Å². The molecular formula is C50H28N4S. The Morgan fingerprint density at radius 1 is 0.400 bits per heavy atom. The quantitative estimate of drug-likeness (QED) is 0.182. The fraction of sp³-hybridized carbons (Fsp3) is 0. The Bertz CT molecular complexity index is 3720. The fourth-order valence-electron chi connectivity index (χ4n) is 9.27. The van der Waals surface area contributed by atoms with Gasteiger partial charge in [-0.3, -0.25) is 4.57 Å². The number of hydrogen-bond donors (Lipinski definition) is 0. The molecule has 0 aliphatic carbocycles. The number of fused-ring (bicyclic) bond motifs is 14. The van der Waals surface area contributed by atoms with E-state index in [0.29, 0.717) is 5.95 Å². The predicted octanol–water partition coefficient (Wildman–Crippen LogP) is 13.6. The van der Waals surface area contributed by atoms with Crippen molar-refractivity contribution >= 4 is 102 Å². The normalized spacial score (nSPS) is 12.4. The van der Waals surface area contributed by atoms with Crippen molar-refractivity contribution < 1.29 is 0 Å². The van der Waals surface area contributed by atoms with Gasteiger partial charge in [0.25, 0.3) is 0 Å². The first kappa shape index (κ1) is 29.4. The van der Waals surface area contributed by atoms with E-state index in [9.17, 15) is 0 Å². The maximum absolute atomic E-state index is 5.55. The molecule has 0 aliphatic rings. The van der Waals surface area contributed by atoms with Crippen molar-refractivity contribution in [3.05, 3.63) is 170 Å². The first-order valence-electron chi connectivity index (χ1n) is 18.7. The Morgan fingerprint density at radius 3 is 1.91 bits per heavy atom. The minimum absolute atomic E-state index is 0.673. The smallest absolute Gasteiger partial charge is 0.235 e. The zero-order valence-corrected chi connectivity index (χ0v) is 30.2. The number of rotatable bonds is 3. The second kappa shape index (κ2) is 10.8. The Labute approximate surface area is 318 Å². The molecule has 0 bridgehead atoms. The van der Waals surface area contributed by atoms with Gasteiger partial charge in [0, 0.05) is 53.4 Å². The summed E-state index contributed by atoms with van der Waals surface area (Å²) in [6, 6.07) is 61.6. The first-order chi connectivity index (χ1) is 27.3. The van der Waals surface area contributed by atoms with Gasteiger partial charge in [-0.05, 0) is 52.9 Å². The first-order valence-corrected chi connectivity index (χ1v) is 19.5. The van der Waals surface area contributed by atoms with E-state index in [1.165, 1.54) is 69.9 Å². The van der Waals surface area contributed by atoms with Crippen molar-refractivity contribution in [3.8, 4) is 28.3 Å². The van der Waals surface area contributed by atoms with Crippen LogP contribution >= 0.6 is 11.3 Å². The van der Waals surface area contributed by atoms with Crippen molar-refractivity contribution in [1.29, 1.82) is 0 Å². The van der Waals surface area contributed by atoms with Crippen LogP contribution in [0.1, 0.15) is 0 Å². The highest BCUT2D eigenvalue weighted by atomic mass is 32.1. The number of aromatic nitrogens is 4. The molecule has 0 radical (unpaired) electrons. The van der Waals surface area contributed by atoms with Crippen LogP contribution in [0.3, 0.4) is 0 Å². The molecule has 5 aromatic heterocycles. The molecule has 0 fully saturated rings. The summed E-state index contributed by atoms with van der Waals surface area (Å²) in [4.78, 5) is 11.0. The molecule has 0 spiro atoms. The van der Waals surface area contributed by atoms with Crippen LogP contribution in [-0.2, 0) is 0 Å². The van der Waals surface area contributed by atoms with Gasteiger partial charge in [-0.2, -0.15) is 0 Å². The van der Waals surface area contributed by atoms with Gasteiger partial charge in [-0.25, -0.2) is 9.97 Å². The summed E-state index contributed by atoms with van der Waals surface area (Å²) in [6.45, 7) is 0. The molecule has 8 aromatic carbocycles. The zero-order chi connectivity index (χ0) is 35.8. The van der Waals surface area contributed by atoms with E-state index in [-0.39, 0.29) is 0 Å². The Morgan fingerprint density at radius 2 is 1.04 bits per heavy atom. The summed E-state index contributed by atoms with van der Waals surface area (Å²) < 4.78 is 7.10. The average molecular weight is 717 g/mol. The van der Waals surface area contributed by atoms with Crippen molar-refractivity contribution in [2.24, 2.45) is 0 Å². The zero-order valence-electron chi connectivity index (χ0n) is 29.4. The number of hydrogen-bond acceptors (Lipinski definition) is 3. The lowest BCUT2D eigenvalue weighted by Crippen LogP contribution is -2.02. The Hall–Kier alpha value is -7.08. The lowest BCUT2D eigenvalue weighted by Gasteiger charge is -2.11. The standard InChI is InChI=1S/C50H28N4S/c1-2-12-29(13-3-1)30-14-10-15-32(26-30)45-49-46(38-18-6-9-23-44(38)55-49)52-50(51-45)53-41-21-7-5-17-34(41)40-27-31-24-25-37-36-20-11-19-35-33-16-4-8-22-42(33)54(47(35)36)48(37)39(31)28-43(40)53/h1-28H. The van der Waals surface area contributed by atoms with Crippen LogP contribution in [0.25, 0.3) is 119 Å². The maximum Gasteiger partial charge on any atom is 0.235 e. The minimum Gasteiger partial charge on any atom is -0.307 e. The molecule has 0 saturated carbocycles. The summed E-state index contributed by atoms with van der Waals surface area (Å²) in [5.41, 5.74) is 11.3. The van der Waals surface area contributed by atoms with Gasteiger partial charge in [0.1, 0.15) is 0 Å². The molecule has 0 amide bonds. The summed E-state index contributed by atoms with van der Waals surface area (Å²) in [5.74, 6) is 0.673. The topological polar surface area (TPSA) is 35.1 Å². The number of thiophene rings is 1. The molecule has 55 heavy (non-hydrogen) atoms. The van der Waals surface area contributed by atoms with Gasteiger partial charge in [-0.15, -0.1) is 11.3 Å². The molecule has 5 heteroatoms. The van der Waals surface area contributed by atoms with Crippen molar-refractivity contribution in [1.82, 2.24) is 18.9 Å². The van der Waals surface area contributed by atoms with Crippen LogP contribution in [0.15, 0.2) is 170 Å². The second-order valence-corrected chi connectivity index (χ2v) is 15.6. The highest BCUT2D eigenvalue weighted by molar-refractivity contribution is 7.26. The Kier molecular flexibility index (Phi) is 5.74. The highest BCUT2D eigenvalue weighted by Gasteiger charge is 2.23. The molecule has 0 saturated heterocycles. The molecular weight excluding hydrogens is 689 g/mol. The lowest BCUT2D eigenvalue weighted by molar-refractivity contribution is 1.02. The van der Waals surface area contributed by atoms with Crippen LogP contribution in [0.5, 0.6) is 0 Å². The molecule has 13 rings (SSSR count). The third-order valence-corrected chi connectivity index (χ3v) is 12.8. The number of para-hydroxylation sites is 3. The molecule has 4 nitrogen and oxygen atoms in total. The van der Waals surface area contributed by atoms with E-state index in [1.807, 2.05) is 0 Å². The summed E-state index contributed by atoms with van der Waals surface area (Å²) in [6.07, 6.45) is 0. The highest BCUT2D eigenvalue weighted by Crippen LogP contribution is 2.44. The monoisotopic (exact) mass is 716 g/mol. The van der Waals surface area contributed by atoms with Crippen LogP contribution in [0.4, 0.5) is 0 Å². The largest absolute Gasteiger partial charge is 0.307 e. The van der Waals surface area contributed by atoms with E-state index in [0.717, 1.165) is 43.5 Å².